The number of rotatable bonds is 6. The molecule has 20 heavy (non-hydrogen) atoms. The van der Waals surface area contributed by atoms with Crippen molar-refractivity contribution in [2.75, 3.05) is 5.75 Å². The lowest BCUT2D eigenvalue weighted by atomic mass is 10.0. The molecule has 2 aromatic rings. The van der Waals surface area contributed by atoms with Gasteiger partial charge in [0.1, 0.15) is 0 Å². The first kappa shape index (κ1) is 15.1. The summed E-state index contributed by atoms with van der Waals surface area (Å²) in [6.45, 7) is 6.06. The molecule has 0 bridgehead atoms. The number of hydrogen-bond donors (Lipinski definition) is 1. The number of aromatic nitrogens is 2. The molecular weight excluding hydrogens is 272 g/mol. The van der Waals surface area contributed by atoms with E-state index < -0.39 is 6.10 Å². The lowest BCUT2D eigenvalue weighted by Gasteiger charge is -2.10. The summed E-state index contributed by atoms with van der Waals surface area (Å²) in [6, 6.07) is 8.10. The van der Waals surface area contributed by atoms with Gasteiger partial charge in [0.25, 0.3) is 0 Å². The number of benzene rings is 1. The van der Waals surface area contributed by atoms with Crippen LogP contribution < -0.4 is 0 Å². The van der Waals surface area contributed by atoms with Gasteiger partial charge in [0.2, 0.25) is 11.7 Å². The zero-order chi connectivity index (χ0) is 14.5. The Morgan fingerprint density at radius 3 is 2.55 bits per heavy atom. The molecule has 0 saturated carbocycles. The van der Waals surface area contributed by atoms with E-state index in [1.165, 1.54) is 4.90 Å². The second-order valence-corrected chi connectivity index (χ2v) is 6.32. The van der Waals surface area contributed by atoms with Gasteiger partial charge in [0, 0.05) is 10.5 Å². The first-order valence-electron chi connectivity index (χ1n) is 6.84. The van der Waals surface area contributed by atoms with E-state index in [4.69, 9.17) is 4.52 Å². The number of thioether (sulfide) groups is 1. The lowest BCUT2D eigenvalue weighted by molar-refractivity contribution is 0.116. The molecule has 0 aliphatic heterocycles. The topological polar surface area (TPSA) is 59.2 Å². The molecule has 1 heterocycles. The summed E-state index contributed by atoms with van der Waals surface area (Å²) < 4.78 is 5.19. The molecule has 1 aromatic carbocycles. The van der Waals surface area contributed by atoms with E-state index in [9.17, 15) is 5.11 Å². The van der Waals surface area contributed by atoms with Gasteiger partial charge < -0.3 is 9.63 Å². The average molecular weight is 292 g/mol. The van der Waals surface area contributed by atoms with Gasteiger partial charge in [0.05, 0.1) is 12.5 Å². The van der Waals surface area contributed by atoms with Crippen LogP contribution in [-0.4, -0.2) is 27.1 Å². The largest absolute Gasteiger partial charge is 0.392 e. The maximum absolute atomic E-state index is 9.82. The predicted molar refractivity (Wildman–Crippen MR) is 80.7 cm³/mol. The van der Waals surface area contributed by atoms with Gasteiger partial charge >= 0.3 is 0 Å². The first-order valence-corrected chi connectivity index (χ1v) is 7.82. The lowest BCUT2D eigenvalue weighted by Crippen LogP contribution is -2.17. The molecule has 0 aliphatic rings. The maximum Gasteiger partial charge on any atom is 0.229 e. The molecule has 4 nitrogen and oxygen atoms in total. The quantitative estimate of drug-likeness (QED) is 0.827. The summed E-state index contributed by atoms with van der Waals surface area (Å²) in [5, 5.41) is 13.8. The highest BCUT2D eigenvalue weighted by atomic mass is 32.2. The third kappa shape index (κ3) is 3.84. The average Bonchev–Trinajstić information content (AvgIpc) is 2.88. The molecule has 1 atom stereocenters. The molecule has 0 spiro atoms. The zero-order valence-electron chi connectivity index (χ0n) is 12.0. The van der Waals surface area contributed by atoms with E-state index in [1.54, 1.807) is 11.8 Å². The standard InChI is InChI=1S/C15H20N2O2S/c1-4-20-12-7-5-11(6-8-12)15-16-14(19-17-15)9-13(18)10(2)3/h5-8,10,13,18H,4,9H2,1-3H3. The molecule has 0 radical (unpaired) electrons. The van der Waals surface area contributed by atoms with E-state index >= 15 is 0 Å². The summed E-state index contributed by atoms with van der Waals surface area (Å²) in [4.78, 5) is 5.57. The van der Waals surface area contributed by atoms with E-state index in [2.05, 4.69) is 29.2 Å². The van der Waals surface area contributed by atoms with Crippen molar-refractivity contribution in [3.05, 3.63) is 30.2 Å². The first-order chi connectivity index (χ1) is 9.60. The predicted octanol–water partition coefficient (Wildman–Crippen LogP) is 3.41. The molecule has 1 N–H and O–H groups in total. The van der Waals surface area contributed by atoms with E-state index in [0.29, 0.717) is 18.1 Å². The van der Waals surface area contributed by atoms with Crippen LogP contribution in [0.15, 0.2) is 33.7 Å². The Balaban J connectivity index is 2.08. The van der Waals surface area contributed by atoms with Crippen LogP contribution in [-0.2, 0) is 6.42 Å². The highest BCUT2D eigenvalue weighted by Gasteiger charge is 2.15. The monoisotopic (exact) mass is 292 g/mol. The Bertz CT molecular complexity index is 537. The zero-order valence-corrected chi connectivity index (χ0v) is 12.9. The molecule has 108 valence electrons. The number of aliphatic hydroxyl groups is 1. The van der Waals surface area contributed by atoms with Crippen molar-refractivity contribution in [3.8, 4) is 11.4 Å². The molecular formula is C15H20N2O2S. The molecule has 5 heteroatoms. The number of aliphatic hydroxyl groups excluding tert-OH is 1. The van der Waals surface area contributed by atoms with Gasteiger partial charge in [-0.25, -0.2) is 0 Å². The molecule has 2 rings (SSSR count). The fourth-order valence-corrected chi connectivity index (χ4v) is 2.40. The SMILES string of the molecule is CCSc1ccc(-c2noc(CC(O)C(C)C)n2)cc1. The molecule has 0 saturated heterocycles. The summed E-state index contributed by atoms with van der Waals surface area (Å²) in [5.74, 6) is 2.28. The van der Waals surface area contributed by atoms with Crippen molar-refractivity contribution < 1.29 is 9.63 Å². The van der Waals surface area contributed by atoms with Gasteiger partial charge in [-0.2, -0.15) is 4.98 Å². The maximum atomic E-state index is 9.82. The van der Waals surface area contributed by atoms with Gasteiger partial charge in [-0.1, -0.05) is 25.9 Å². The minimum absolute atomic E-state index is 0.177. The third-order valence-corrected chi connectivity index (χ3v) is 3.94. The number of hydrogen-bond acceptors (Lipinski definition) is 5. The van der Waals surface area contributed by atoms with Gasteiger partial charge in [-0.05, 0) is 35.9 Å². The molecule has 1 aromatic heterocycles. The van der Waals surface area contributed by atoms with Crippen LogP contribution in [0.2, 0.25) is 0 Å². The van der Waals surface area contributed by atoms with Crippen LogP contribution in [0.3, 0.4) is 0 Å². The Hall–Kier alpha value is -1.33. The Labute approximate surface area is 123 Å². The van der Waals surface area contributed by atoms with E-state index in [-0.39, 0.29) is 5.92 Å². The van der Waals surface area contributed by atoms with Crippen molar-refractivity contribution in [2.45, 2.75) is 38.2 Å². The fraction of sp³-hybridized carbons (Fsp3) is 0.467. The summed E-state index contributed by atoms with van der Waals surface area (Å²) >= 11 is 1.80. The molecule has 0 fully saturated rings. The highest BCUT2D eigenvalue weighted by Crippen LogP contribution is 2.22. The molecule has 0 aliphatic carbocycles. The Morgan fingerprint density at radius 1 is 1.25 bits per heavy atom. The second-order valence-electron chi connectivity index (χ2n) is 4.98. The van der Waals surface area contributed by atoms with E-state index in [1.807, 2.05) is 26.0 Å². The van der Waals surface area contributed by atoms with Crippen LogP contribution in [0.5, 0.6) is 0 Å². The summed E-state index contributed by atoms with van der Waals surface area (Å²) in [7, 11) is 0. The van der Waals surface area contributed by atoms with Crippen LogP contribution in [0.1, 0.15) is 26.7 Å². The van der Waals surface area contributed by atoms with E-state index in [0.717, 1.165) is 11.3 Å². The van der Waals surface area contributed by atoms with Crippen molar-refractivity contribution >= 4 is 11.8 Å². The number of nitrogens with zero attached hydrogens (tertiary/aromatic N) is 2. The van der Waals surface area contributed by atoms with Crippen LogP contribution in [0, 0.1) is 5.92 Å². The Morgan fingerprint density at radius 2 is 1.95 bits per heavy atom. The minimum Gasteiger partial charge on any atom is -0.392 e. The third-order valence-electron chi connectivity index (χ3n) is 3.04. The van der Waals surface area contributed by atoms with Gasteiger partial charge in [-0.15, -0.1) is 11.8 Å². The van der Waals surface area contributed by atoms with Crippen molar-refractivity contribution in [1.29, 1.82) is 0 Å². The Kier molecular flexibility index (Phi) is 5.20. The van der Waals surface area contributed by atoms with Crippen LogP contribution >= 0.6 is 11.8 Å². The normalized spacial score (nSPS) is 12.8. The second kappa shape index (κ2) is 6.90. The summed E-state index contributed by atoms with van der Waals surface area (Å²) in [5.41, 5.74) is 0.930. The van der Waals surface area contributed by atoms with Gasteiger partial charge in [0.15, 0.2) is 0 Å². The summed E-state index contributed by atoms with van der Waals surface area (Å²) in [6.07, 6.45) is -0.0549. The smallest absolute Gasteiger partial charge is 0.229 e. The van der Waals surface area contributed by atoms with Crippen LogP contribution in [0.25, 0.3) is 11.4 Å². The van der Waals surface area contributed by atoms with Crippen molar-refractivity contribution in [1.82, 2.24) is 10.1 Å². The molecule has 1 unspecified atom stereocenters. The molecule has 0 amide bonds. The van der Waals surface area contributed by atoms with Crippen molar-refractivity contribution in [3.63, 3.8) is 0 Å². The highest BCUT2D eigenvalue weighted by molar-refractivity contribution is 7.99. The minimum atomic E-state index is -0.452. The van der Waals surface area contributed by atoms with Crippen molar-refractivity contribution in [2.24, 2.45) is 5.92 Å². The van der Waals surface area contributed by atoms with Crippen LogP contribution in [0.4, 0.5) is 0 Å². The fourth-order valence-electron chi connectivity index (χ4n) is 1.74. The van der Waals surface area contributed by atoms with Gasteiger partial charge in [-0.3, -0.25) is 0 Å².